The van der Waals surface area contributed by atoms with Gasteiger partial charge in [0, 0.05) is 12.1 Å². The summed E-state index contributed by atoms with van der Waals surface area (Å²) in [4.78, 5) is 28.1. The Kier molecular flexibility index (Phi) is 7.73. The largest absolute Gasteiger partial charge is 1.00 e. The molecule has 0 atom stereocenters. The second-order valence-electron chi connectivity index (χ2n) is 6.00. The zero-order valence-electron chi connectivity index (χ0n) is 15.8. The Bertz CT molecular complexity index is 1020. The minimum atomic E-state index is -1.39. The van der Waals surface area contributed by atoms with E-state index in [0.29, 0.717) is 16.7 Å². The molecule has 0 bridgehead atoms. The van der Waals surface area contributed by atoms with Crippen LogP contribution in [0.4, 0.5) is 14.9 Å². The van der Waals surface area contributed by atoms with Gasteiger partial charge in [-0.3, -0.25) is 0 Å². The van der Waals surface area contributed by atoms with Gasteiger partial charge in [0.2, 0.25) is 5.89 Å². The predicted molar refractivity (Wildman–Crippen MR) is 95.4 cm³/mol. The summed E-state index contributed by atoms with van der Waals surface area (Å²) >= 11 is 0. The fourth-order valence-electron chi connectivity index (χ4n) is 2.59. The average molecular weight is 409 g/mol. The maximum absolute atomic E-state index is 14.4. The number of nitrogens with zero attached hydrogens (tertiary/aromatic N) is 2. The van der Waals surface area contributed by atoms with E-state index in [-0.39, 0.29) is 69.5 Å². The van der Waals surface area contributed by atoms with Crippen LogP contribution in [0.2, 0.25) is 0 Å². The standard InChI is InChI=1S/C19H18FN3O4.K/c1-3-23(10-17(24)25)19(26)22-14-6-5-12(9-13(14)20)18-21-15-8-11(2)4-7-16(15)27-18;/h4-9H,3,10H2,1-2H3,(H,22,26)(H,24,25);/q;+1/p-1. The molecular weight excluding hydrogens is 392 g/mol. The number of hydrogen-bond acceptors (Lipinski definition) is 5. The molecule has 0 radical (unpaired) electrons. The summed E-state index contributed by atoms with van der Waals surface area (Å²) < 4.78 is 20.1. The van der Waals surface area contributed by atoms with Crippen molar-refractivity contribution in [3.63, 3.8) is 0 Å². The van der Waals surface area contributed by atoms with E-state index in [1.54, 1.807) is 19.1 Å². The number of hydrogen-bond donors (Lipinski definition) is 1. The number of urea groups is 1. The van der Waals surface area contributed by atoms with Gasteiger partial charge in [-0.15, -0.1) is 0 Å². The van der Waals surface area contributed by atoms with Crippen LogP contribution < -0.4 is 61.8 Å². The molecule has 1 N–H and O–H groups in total. The van der Waals surface area contributed by atoms with Crippen LogP contribution in [-0.4, -0.2) is 35.0 Å². The molecule has 0 spiro atoms. The smallest absolute Gasteiger partial charge is 0.548 e. The molecule has 9 heteroatoms. The number of carbonyl (C=O) groups excluding carboxylic acids is 2. The SMILES string of the molecule is CCN(CC(=O)[O-])C(=O)Nc1ccc(-c2nc3cc(C)ccc3o2)cc1F.[K+]. The number of rotatable bonds is 5. The third kappa shape index (κ3) is 5.18. The molecule has 2 aromatic carbocycles. The Labute approximate surface area is 203 Å². The van der Waals surface area contributed by atoms with Gasteiger partial charge in [-0.1, -0.05) is 6.07 Å². The molecular formula is C19H17FKN3O4. The monoisotopic (exact) mass is 409 g/mol. The molecule has 0 aliphatic heterocycles. The van der Waals surface area contributed by atoms with E-state index >= 15 is 0 Å². The molecule has 0 fully saturated rings. The molecule has 0 saturated carbocycles. The summed E-state index contributed by atoms with van der Waals surface area (Å²) in [5.74, 6) is -1.82. The van der Waals surface area contributed by atoms with Crippen LogP contribution in [0, 0.1) is 12.7 Å². The number of aryl methyl sites for hydroxylation is 1. The number of oxazole rings is 1. The van der Waals surface area contributed by atoms with E-state index in [2.05, 4.69) is 10.3 Å². The van der Waals surface area contributed by atoms with E-state index < -0.39 is 24.4 Å². The molecule has 3 rings (SSSR count). The first kappa shape index (κ1) is 22.5. The number of aliphatic carboxylic acids is 1. The van der Waals surface area contributed by atoms with Crippen LogP contribution in [0.5, 0.6) is 0 Å². The topological polar surface area (TPSA) is 98.5 Å². The van der Waals surface area contributed by atoms with Crippen molar-refractivity contribution in [3.8, 4) is 11.5 Å². The zero-order valence-corrected chi connectivity index (χ0v) is 18.9. The summed E-state index contributed by atoms with van der Waals surface area (Å²) in [5, 5.41) is 13.0. The van der Waals surface area contributed by atoms with E-state index in [1.807, 2.05) is 19.1 Å². The second kappa shape index (κ2) is 9.62. The molecule has 0 aliphatic rings. The molecule has 0 aliphatic carbocycles. The number of fused-ring (bicyclic) bond motifs is 1. The van der Waals surface area contributed by atoms with Crippen LogP contribution in [0.1, 0.15) is 12.5 Å². The maximum Gasteiger partial charge on any atom is 1.00 e. The number of carboxylic acid groups (broad SMARTS) is 1. The number of halogens is 1. The van der Waals surface area contributed by atoms with Crippen LogP contribution in [0.3, 0.4) is 0 Å². The molecule has 1 aromatic heterocycles. The van der Waals surface area contributed by atoms with Crippen molar-refractivity contribution < 1.29 is 74.9 Å². The number of benzene rings is 2. The van der Waals surface area contributed by atoms with Crippen molar-refractivity contribution in [1.82, 2.24) is 9.88 Å². The Morgan fingerprint density at radius 1 is 1.25 bits per heavy atom. The van der Waals surface area contributed by atoms with Crippen LogP contribution in [0.15, 0.2) is 40.8 Å². The number of aromatic nitrogens is 1. The Morgan fingerprint density at radius 3 is 2.64 bits per heavy atom. The molecule has 140 valence electrons. The van der Waals surface area contributed by atoms with Gasteiger partial charge in [-0.2, -0.15) is 0 Å². The number of likely N-dealkylation sites (N-methyl/N-ethyl adjacent to an activating group) is 1. The Balaban J connectivity index is 0.00000280. The summed E-state index contributed by atoms with van der Waals surface area (Å²) in [6, 6.07) is 8.95. The van der Waals surface area contributed by atoms with E-state index in [4.69, 9.17) is 4.42 Å². The van der Waals surface area contributed by atoms with Crippen molar-refractivity contribution in [2.24, 2.45) is 0 Å². The number of nitrogens with one attached hydrogen (secondary N) is 1. The van der Waals surface area contributed by atoms with Gasteiger partial charge in [-0.25, -0.2) is 14.2 Å². The molecule has 0 saturated heterocycles. The molecule has 1 heterocycles. The van der Waals surface area contributed by atoms with Crippen molar-refractivity contribution in [2.75, 3.05) is 18.4 Å². The van der Waals surface area contributed by atoms with Gasteiger partial charge in [0.25, 0.3) is 0 Å². The second-order valence-corrected chi connectivity index (χ2v) is 6.00. The molecule has 3 aromatic rings. The third-order valence-corrected chi connectivity index (χ3v) is 3.99. The van der Waals surface area contributed by atoms with Crippen molar-refractivity contribution in [3.05, 3.63) is 47.8 Å². The fourth-order valence-corrected chi connectivity index (χ4v) is 2.59. The van der Waals surface area contributed by atoms with Gasteiger partial charge in [0.15, 0.2) is 5.58 Å². The van der Waals surface area contributed by atoms with Crippen molar-refractivity contribution in [1.29, 1.82) is 0 Å². The van der Waals surface area contributed by atoms with Crippen molar-refractivity contribution >= 4 is 28.8 Å². The first-order valence-corrected chi connectivity index (χ1v) is 8.30. The summed E-state index contributed by atoms with van der Waals surface area (Å²) in [6.07, 6.45) is 0. The van der Waals surface area contributed by atoms with Crippen LogP contribution in [-0.2, 0) is 4.79 Å². The van der Waals surface area contributed by atoms with Gasteiger partial charge < -0.3 is 24.5 Å². The van der Waals surface area contributed by atoms with Gasteiger partial charge in [0.1, 0.15) is 11.3 Å². The maximum atomic E-state index is 14.4. The summed E-state index contributed by atoms with van der Waals surface area (Å²) in [6.45, 7) is 3.11. The van der Waals surface area contributed by atoms with E-state index in [1.165, 1.54) is 12.1 Å². The van der Waals surface area contributed by atoms with E-state index in [9.17, 15) is 19.1 Å². The molecule has 0 unspecified atom stereocenters. The van der Waals surface area contributed by atoms with Gasteiger partial charge in [0.05, 0.1) is 18.2 Å². The number of amides is 2. The number of anilines is 1. The van der Waals surface area contributed by atoms with Gasteiger partial charge >= 0.3 is 57.4 Å². The molecule has 2 amide bonds. The minimum Gasteiger partial charge on any atom is -0.548 e. The number of carboxylic acids is 1. The third-order valence-electron chi connectivity index (χ3n) is 3.99. The average Bonchev–Trinajstić information content (AvgIpc) is 3.04. The molecule has 7 nitrogen and oxygen atoms in total. The fraction of sp³-hybridized carbons (Fsp3) is 0.211. The Hall–Kier alpha value is -1.78. The van der Waals surface area contributed by atoms with Gasteiger partial charge in [-0.05, 0) is 49.7 Å². The quantitative estimate of drug-likeness (QED) is 0.576. The minimum absolute atomic E-state index is 0. The number of carbonyl (C=O) groups is 2. The zero-order chi connectivity index (χ0) is 19.6. The van der Waals surface area contributed by atoms with E-state index in [0.717, 1.165) is 10.5 Å². The first-order valence-electron chi connectivity index (χ1n) is 8.30. The summed E-state index contributed by atoms with van der Waals surface area (Å²) in [7, 11) is 0. The predicted octanol–water partition coefficient (Wildman–Crippen LogP) is -0.450. The first-order chi connectivity index (χ1) is 12.9. The Morgan fingerprint density at radius 2 is 2.00 bits per heavy atom. The summed E-state index contributed by atoms with van der Waals surface area (Å²) in [5.41, 5.74) is 2.63. The van der Waals surface area contributed by atoms with Crippen molar-refractivity contribution in [2.45, 2.75) is 13.8 Å². The van der Waals surface area contributed by atoms with Crippen LogP contribution in [0.25, 0.3) is 22.6 Å². The van der Waals surface area contributed by atoms with Crippen LogP contribution >= 0.6 is 0 Å². The normalized spacial score (nSPS) is 10.4. The molecule has 28 heavy (non-hydrogen) atoms.